The Labute approximate surface area is 127 Å². The second-order valence-electron chi connectivity index (χ2n) is 6.11. The van der Waals surface area contributed by atoms with Gasteiger partial charge in [-0.25, -0.2) is 0 Å². The molecule has 3 heteroatoms. The minimum Gasteiger partial charge on any atom is -0.395 e. The fourth-order valence-corrected chi connectivity index (χ4v) is 2.36. The maximum absolute atomic E-state index is 8.80. The summed E-state index contributed by atoms with van der Waals surface area (Å²) in [6.45, 7) is 7.68. The summed E-state index contributed by atoms with van der Waals surface area (Å²) >= 11 is 0. The number of unbranched alkanes of at least 4 members (excludes halogenated alkanes) is 8. The van der Waals surface area contributed by atoms with Crippen LogP contribution in [0.1, 0.15) is 85.0 Å². The van der Waals surface area contributed by atoms with Gasteiger partial charge in [0.1, 0.15) is 0 Å². The van der Waals surface area contributed by atoms with Gasteiger partial charge in [-0.2, -0.15) is 0 Å². The highest BCUT2D eigenvalue weighted by molar-refractivity contribution is 5.85. The third kappa shape index (κ3) is 16.2. The molecule has 118 valence electrons. The van der Waals surface area contributed by atoms with Crippen molar-refractivity contribution in [2.75, 3.05) is 13.2 Å². The van der Waals surface area contributed by atoms with E-state index in [1.807, 2.05) is 0 Å². The highest BCUT2D eigenvalue weighted by atomic mass is 35.5. The molecule has 0 rings (SSSR count). The van der Waals surface area contributed by atoms with Crippen molar-refractivity contribution < 1.29 is 5.11 Å². The van der Waals surface area contributed by atoms with Crippen molar-refractivity contribution in [3.05, 3.63) is 0 Å². The maximum atomic E-state index is 8.80. The van der Waals surface area contributed by atoms with Gasteiger partial charge in [0.05, 0.1) is 6.61 Å². The predicted molar refractivity (Wildman–Crippen MR) is 88.3 cm³/mol. The van der Waals surface area contributed by atoms with Gasteiger partial charge in [0.2, 0.25) is 0 Å². The van der Waals surface area contributed by atoms with Crippen molar-refractivity contribution in [3.8, 4) is 0 Å². The summed E-state index contributed by atoms with van der Waals surface area (Å²) in [5.74, 6) is 0. The third-order valence-electron chi connectivity index (χ3n) is 3.62. The molecular formula is C16H36ClNO. The molecule has 19 heavy (non-hydrogen) atoms. The average Bonchev–Trinajstić information content (AvgIpc) is 2.34. The summed E-state index contributed by atoms with van der Waals surface area (Å²) < 4.78 is 0. The fourth-order valence-electron chi connectivity index (χ4n) is 2.36. The molecule has 0 atom stereocenters. The van der Waals surface area contributed by atoms with Gasteiger partial charge in [0, 0.05) is 12.1 Å². The Kier molecular flexibility index (Phi) is 16.5. The van der Waals surface area contributed by atoms with E-state index in [0.29, 0.717) is 6.54 Å². The molecule has 2 nitrogen and oxygen atoms in total. The van der Waals surface area contributed by atoms with Gasteiger partial charge in [0.25, 0.3) is 0 Å². The molecule has 2 N–H and O–H groups in total. The van der Waals surface area contributed by atoms with Crippen molar-refractivity contribution in [3.63, 3.8) is 0 Å². The number of hydrogen-bond donors (Lipinski definition) is 2. The second-order valence-corrected chi connectivity index (χ2v) is 6.11. The maximum Gasteiger partial charge on any atom is 0.0556 e. The third-order valence-corrected chi connectivity index (χ3v) is 3.62. The van der Waals surface area contributed by atoms with Gasteiger partial charge in [-0.1, -0.05) is 64.7 Å². The van der Waals surface area contributed by atoms with E-state index in [1.165, 1.54) is 64.2 Å². The van der Waals surface area contributed by atoms with E-state index in [4.69, 9.17) is 5.11 Å². The zero-order chi connectivity index (χ0) is 13.7. The monoisotopic (exact) mass is 293 g/mol. The van der Waals surface area contributed by atoms with Crippen molar-refractivity contribution in [2.24, 2.45) is 0 Å². The van der Waals surface area contributed by atoms with E-state index in [1.54, 1.807) is 0 Å². The summed E-state index contributed by atoms with van der Waals surface area (Å²) in [6, 6.07) is 0. The normalized spacial score (nSPS) is 11.4. The smallest absolute Gasteiger partial charge is 0.0556 e. The molecule has 0 heterocycles. The molecule has 0 spiro atoms. The lowest BCUT2D eigenvalue weighted by molar-refractivity contribution is 0.258. The Bertz CT molecular complexity index is 174. The fraction of sp³-hybridized carbons (Fsp3) is 1.00. The molecule has 0 aromatic rings. The molecule has 0 saturated heterocycles. The number of aliphatic hydroxyl groups is 1. The van der Waals surface area contributed by atoms with Crippen LogP contribution < -0.4 is 5.32 Å². The number of rotatable bonds is 13. The first-order chi connectivity index (χ1) is 8.62. The number of halogens is 1. The van der Waals surface area contributed by atoms with Crippen LogP contribution in [-0.2, 0) is 0 Å². The summed E-state index contributed by atoms with van der Waals surface area (Å²) in [7, 11) is 0. The largest absolute Gasteiger partial charge is 0.395 e. The van der Waals surface area contributed by atoms with E-state index < -0.39 is 0 Å². The zero-order valence-electron chi connectivity index (χ0n) is 13.3. The SMILES string of the molecule is CCCCCCCCCCCC(C)(C)NCCO.Cl. The first kappa shape index (κ1) is 21.5. The summed E-state index contributed by atoms with van der Waals surface area (Å²) in [5, 5.41) is 12.2. The predicted octanol–water partition coefficient (Wildman–Crippen LogP) is 4.69. The van der Waals surface area contributed by atoms with E-state index in [-0.39, 0.29) is 24.6 Å². The summed E-state index contributed by atoms with van der Waals surface area (Å²) in [6.07, 6.45) is 13.7. The first-order valence-electron chi connectivity index (χ1n) is 7.98. The summed E-state index contributed by atoms with van der Waals surface area (Å²) in [4.78, 5) is 0. The molecule has 0 aromatic heterocycles. The van der Waals surface area contributed by atoms with Crippen molar-refractivity contribution >= 4 is 12.4 Å². The lowest BCUT2D eigenvalue weighted by atomic mass is 9.96. The van der Waals surface area contributed by atoms with Crippen LogP contribution in [0.5, 0.6) is 0 Å². The van der Waals surface area contributed by atoms with E-state index in [2.05, 4.69) is 26.1 Å². The van der Waals surface area contributed by atoms with Crippen LogP contribution in [0.2, 0.25) is 0 Å². The van der Waals surface area contributed by atoms with Gasteiger partial charge < -0.3 is 10.4 Å². The van der Waals surface area contributed by atoms with E-state index in [0.717, 1.165) is 0 Å². The topological polar surface area (TPSA) is 32.3 Å². The molecule has 0 unspecified atom stereocenters. The Morgan fingerprint density at radius 3 is 1.79 bits per heavy atom. The summed E-state index contributed by atoms with van der Waals surface area (Å²) in [5.41, 5.74) is 0.184. The van der Waals surface area contributed by atoms with Crippen LogP contribution in [0.3, 0.4) is 0 Å². The van der Waals surface area contributed by atoms with E-state index >= 15 is 0 Å². The molecule has 0 saturated carbocycles. The van der Waals surface area contributed by atoms with Gasteiger partial charge in [-0.05, 0) is 20.3 Å². The Balaban J connectivity index is 0. The molecule has 0 aliphatic rings. The van der Waals surface area contributed by atoms with Gasteiger partial charge in [-0.3, -0.25) is 0 Å². The van der Waals surface area contributed by atoms with Crippen LogP contribution in [0, 0.1) is 0 Å². The standard InChI is InChI=1S/C16H35NO.ClH/c1-4-5-6-7-8-9-10-11-12-13-16(2,3)17-14-15-18;/h17-18H,4-15H2,1-3H3;1H. The Hall–Kier alpha value is 0.210. The highest BCUT2D eigenvalue weighted by Crippen LogP contribution is 2.15. The van der Waals surface area contributed by atoms with Crippen molar-refractivity contribution in [1.29, 1.82) is 0 Å². The highest BCUT2D eigenvalue weighted by Gasteiger charge is 2.15. The van der Waals surface area contributed by atoms with Gasteiger partial charge >= 0.3 is 0 Å². The second kappa shape index (κ2) is 14.6. The van der Waals surface area contributed by atoms with Crippen molar-refractivity contribution in [2.45, 2.75) is 90.5 Å². The van der Waals surface area contributed by atoms with Gasteiger partial charge in [-0.15, -0.1) is 12.4 Å². The van der Waals surface area contributed by atoms with Crippen molar-refractivity contribution in [1.82, 2.24) is 5.32 Å². The first-order valence-corrected chi connectivity index (χ1v) is 7.98. The lowest BCUT2D eigenvalue weighted by Gasteiger charge is -2.26. The van der Waals surface area contributed by atoms with Crippen LogP contribution in [-0.4, -0.2) is 23.8 Å². The van der Waals surface area contributed by atoms with Crippen LogP contribution in [0.15, 0.2) is 0 Å². The van der Waals surface area contributed by atoms with Crippen LogP contribution >= 0.6 is 12.4 Å². The van der Waals surface area contributed by atoms with E-state index in [9.17, 15) is 0 Å². The number of hydrogen-bond acceptors (Lipinski definition) is 2. The average molecular weight is 294 g/mol. The molecular weight excluding hydrogens is 258 g/mol. The number of aliphatic hydroxyl groups excluding tert-OH is 1. The number of nitrogens with one attached hydrogen (secondary N) is 1. The molecule has 0 aliphatic heterocycles. The molecule has 0 aliphatic carbocycles. The molecule has 0 radical (unpaired) electrons. The minimum atomic E-state index is 0. The molecule has 0 aromatic carbocycles. The molecule has 0 fully saturated rings. The lowest BCUT2D eigenvalue weighted by Crippen LogP contribution is -2.40. The minimum absolute atomic E-state index is 0. The number of β-amino-alcohol motifs (C(OH)–C–C–N with tert-alkyl or cyclic N) is 1. The molecule has 0 amide bonds. The Morgan fingerprint density at radius 2 is 1.32 bits per heavy atom. The van der Waals surface area contributed by atoms with Crippen LogP contribution in [0.4, 0.5) is 0 Å². The quantitative estimate of drug-likeness (QED) is 0.483. The Morgan fingerprint density at radius 1 is 0.842 bits per heavy atom. The molecule has 0 bridgehead atoms. The van der Waals surface area contributed by atoms with Crippen LogP contribution in [0.25, 0.3) is 0 Å². The van der Waals surface area contributed by atoms with Gasteiger partial charge in [0.15, 0.2) is 0 Å². The zero-order valence-corrected chi connectivity index (χ0v) is 14.2.